The number of alkyl halides is 2. The van der Waals surface area contributed by atoms with E-state index in [-0.39, 0.29) is 13.1 Å². The zero-order valence-corrected chi connectivity index (χ0v) is 24.8. The fourth-order valence-electron chi connectivity index (χ4n) is 5.41. The third-order valence-electron chi connectivity index (χ3n) is 7.14. The quantitative estimate of drug-likeness (QED) is 0.235. The zero-order valence-electron chi connectivity index (χ0n) is 23.1. The van der Waals surface area contributed by atoms with E-state index in [4.69, 9.17) is 4.74 Å². The summed E-state index contributed by atoms with van der Waals surface area (Å²) in [5, 5.41) is 7.46. The van der Waals surface area contributed by atoms with Crippen molar-refractivity contribution >= 4 is 39.7 Å². The molecule has 2 amide bonds. The SMILES string of the molecule is CC(C)(C)OC(=O)c1c(NC(=O)NCc2c(-n3cccc3)sc3c2CCN(CC(F)F)C3)sc2c1CCCCC2. The van der Waals surface area contributed by atoms with Crippen LogP contribution >= 0.6 is 22.7 Å². The molecule has 0 saturated carbocycles. The number of amides is 2. The highest BCUT2D eigenvalue weighted by atomic mass is 32.1. The summed E-state index contributed by atoms with van der Waals surface area (Å²) in [5.41, 5.74) is 2.96. The van der Waals surface area contributed by atoms with Gasteiger partial charge in [0.2, 0.25) is 0 Å². The molecule has 2 aliphatic rings. The third kappa shape index (κ3) is 6.58. The van der Waals surface area contributed by atoms with Crippen molar-refractivity contribution in [1.82, 2.24) is 14.8 Å². The molecular formula is C29H36F2N4O3S2. The van der Waals surface area contributed by atoms with E-state index in [9.17, 15) is 18.4 Å². The fourth-order valence-corrected chi connectivity index (χ4v) is 8.06. The minimum absolute atomic E-state index is 0.239. The number of carbonyl (C=O) groups excluding carboxylic acids is 2. The first-order valence-electron chi connectivity index (χ1n) is 13.8. The number of ether oxygens (including phenoxy) is 1. The van der Waals surface area contributed by atoms with Crippen LogP contribution in [-0.4, -0.2) is 46.6 Å². The summed E-state index contributed by atoms with van der Waals surface area (Å²) >= 11 is 3.05. The van der Waals surface area contributed by atoms with Gasteiger partial charge in [0.15, 0.2) is 0 Å². The summed E-state index contributed by atoms with van der Waals surface area (Å²) in [5.74, 6) is -0.405. The van der Waals surface area contributed by atoms with Gasteiger partial charge in [-0.2, -0.15) is 0 Å². The molecule has 0 saturated heterocycles. The van der Waals surface area contributed by atoms with Crippen LogP contribution in [0.5, 0.6) is 0 Å². The highest BCUT2D eigenvalue weighted by Gasteiger charge is 2.30. The molecule has 0 aromatic carbocycles. The molecule has 5 rings (SSSR count). The summed E-state index contributed by atoms with van der Waals surface area (Å²) in [6.07, 6.45) is 7.06. The van der Waals surface area contributed by atoms with Crippen LogP contribution in [0.1, 0.15) is 76.8 Å². The minimum atomic E-state index is -2.37. The number of hydrogen-bond donors (Lipinski definition) is 2. The third-order valence-corrected chi connectivity index (χ3v) is 9.62. The molecular weight excluding hydrogens is 554 g/mol. The Morgan fingerprint density at radius 2 is 1.77 bits per heavy atom. The average Bonchev–Trinajstić information content (AvgIpc) is 3.55. The van der Waals surface area contributed by atoms with E-state index >= 15 is 0 Å². The van der Waals surface area contributed by atoms with Gasteiger partial charge >= 0.3 is 12.0 Å². The van der Waals surface area contributed by atoms with Crippen LogP contribution in [0.25, 0.3) is 5.00 Å². The van der Waals surface area contributed by atoms with E-state index in [1.807, 2.05) is 49.9 Å². The highest BCUT2D eigenvalue weighted by Crippen LogP contribution is 2.39. The van der Waals surface area contributed by atoms with Crippen LogP contribution in [0.15, 0.2) is 24.5 Å². The average molecular weight is 591 g/mol. The molecule has 1 aliphatic heterocycles. The number of rotatable bonds is 7. The number of hydrogen-bond acceptors (Lipinski definition) is 6. The predicted molar refractivity (Wildman–Crippen MR) is 155 cm³/mol. The van der Waals surface area contributed by atoms with Crippen LogP contribution in [0, 0.1) is 0 Å². The number of urea groups is 1. The van der Waals surface area contributed by atoms with Gasteiger partial charge in [0.1, 0.15) is 15.6 Å². The van der Waals surface area contributed by atoms with Crippen molar-refractivity contribution in [2.24, 2.45) is 0 Å². The summed E-state index contributed by atoms with van der Waals surface area (Å²) < 4.78 is 33.8. The van der Waals surface area contributed by atoms with Crippen LogP contribution in [0.3, 0.4) is 0 Å². The normalized spacial score (nSPS) is 15.8. The number of halogens is 2. The Kier molecular flexibility index (Phi) is 8.63. The van der Waals surface area contributed by atoms with Crippen molar-refractivity contribution in [1.29, 1.82) is 0 Å². The Bertz CT molecular complexity index is 1360. The molecule has 11 heteroatoms. The molecule has 4 heterocycles. The molecule has 40 heavy (non-hydrogen) atoms. The molecule has 7 nitrogen and oxygen atoms in total. The van der Waals surface area contributed by atoms with Gasteiger partial charge in [-0.05, 0) is 76.1 Å². The Hall–Kier alpha value is -2.76. The van der Waals surface area contributed by atoms with Crippen molar-refractivity contribution in [2.75, 3.05) is 18.4 Å². The van der Waals surface area contributed by atoms with E-state index in [0.717, 1.165) is 63.5 Å². The van der Waals surface area contributed by atoms with Gasteiger partial charge in [-0.3, -0.25) is 10.2 Å². The Labute approximate surface area is 241 Å². The smallest absolute Gasteiger partial charge is 0.341 e. The molecule has 0 bridgehead atoms. The predicted octanol–water partition coefficient (Wildman–Crippen LogP) is 6.77. The molecule has 2 N–H and O–H groups in total. The van der Waals surface area contributed by atoms with Crippen molar-refractivity contribution < 1.29 is 23.1 Å². The van der Waals surface area contributed by atoms with Crippen molar-refractivity contribution in [2.45, 2.75) is 84.4 Å². The first-order valence-corrected chi connectivity index (χ1v) is 15.4. The van der Waals surface area contributed by atoms with Gasteiger partial charge in [0.25, 0.3) is 6.43 Å². The van der Waals surface area contributed by atoms with Crippen molar-refractivity contribution in [3.05, 3.63) is 56.5 Å². The molecule has 0 spiro atoms. The molecule has 0 fully saturated rings. The Morgan fingerprint density at radius 1 is 1.02 bits per heavy atom. The standard InChI is InChI=1S/C29H36F2N4O3S2/c1-29(2,3)38-27(36)24-19-9-5-4-6-10-21(19)39-25(24)33-28(37)32-15-20-18-11-14-34(17-23(30)31)16-22(18)40-26(20)35-12-7-8-13-35/h7-8,12-13,23H,4-6,9-11,14-17H2,1-3H3,(H2,32,33,37). The lowest BCUT2D eigenvalue weighted by Gasteiger charge is -2.26. The number of aryl methyl sites for hydroxylation is 1. The summed E-state index contributed by atoms with van der Waals surface area (Å²) in [6.45, 7) is 6.60. The summed E-state index contributed by atoms with van der Waals surface area (Å²) in [7, 11) is 0. The first-order chi connectivity index (χ1) is 19.1. The number of anilines is 1. The summed E-state index contributed by atoms with van der Waals surface area (Å²) in [4.78, 5) is 30.5. The lowest BCUT2D eigenvalue weighted by atomic mass is 10.0. The van der Waals surface area contributed by atoms with Gasteiger partial charge in [-0.1, -0.05) is 6.42 Å². The van der Waals surface area contributed by atoms with Gasteiger partial charge in [0.05, 0.1) is 12.1 Å². The van der Waals surface area contributed by atoms with E-state index in [0.29, 0.717) is 30.1 Å². The maximum absolute atomic E-state index is 13.2. The maximum atomic E-state index is 13.2. The largest absolute Gasteiger partial charge is 0.456 e. The topological polar surface area (TPSA) is 75.6 Å². The number of thiophene rings is 2. The van der Waals surface area contributed by atoms with E-state index in [1.165, 1.54) is 11.3 Å². The van der Waals surface area contributed by atoms with Crippen LogP contribution in [0.2, 0.25) is 0 Å². The van der Waals surface area contributed by atoms with Crippen molar-refractivity contribution in [3.8, 4) is 5.00 Å². The number of carbonyl (C=O) groups is 2. The number of nitrogens with zero attached hydrogens (tertiary/aromatic N) is 2. The van der Waals surface area contributed by atoms with Gasteiger partial charge in [0, 0.05) is 47.3 Å². The molecule has 1 aliphatic carbocycles. The maximum Gasteiger partial charge on any atom is 0.341 e. The molecule has 0 radical (unpaired) electrons. The van der Waals surface area contributed by atoms with Crippen LogP contribution < -0.4 is 10.6 Å². The number of esters is 1. The second kappa shape index (κ2) is 12.0. The Balaban J connectivity index is 1.36. The number of aromatic nitrogens is 1. The number of fused-ring (bicyclic) bond motifs is 2. The lowest BCUT2D eigenvalue weighted by molar-refractivity contribution is 0.00699. The molecule has 0 atom stereocenters. The van der Waals surface area contributed by atoms with E-state index < -0.39 is 24.0 Å². The minimum Gasteiger partial charge on any atom is -0.456 e. The van der Waals surface area contributed by atoms with Crippen LogP contribution in [-0.2, 0) is 37.1 Å². The summed E-state index contributed by atoms with van der Waals surface area (Å²) in [6, 6.07) is 3.48. The number of nitrogens with one attached hydrogen (secondary N) is 2. The van der Waals surface area contributed by atoms with Gasteiger partial charge < -0.3 is 14.6 Å². The second-order valence-electron chi connectivity index (χ2n) is 11.3. The molecule has 0 unspecified atom stereocenters. The second-order valence-corrected chi connectivity index (χ2v) is 13.5. The molecule has 3 aromatic rings. The lowest BCUT2D eigenvalue weighted by Crippen LogP contribution is -2.34. The highest BCUT2D eigenvalue weighted by molar-refractivity contribution is 7.17. The van der Waals surface area contributed by atoms with Gasteiger partial charge in [-0.25, -0.2) is 18.4 Å². The van der Waals surface area contributed by atoms with E-state index in [2.05, 4.69) is 10.6 Å². The first kappa shape index (κ1) is 28.8. The molecule has 216 valence electrons. The molecule has 3 aromatic heterocycles. The zero-order chi connectivity index (χ0) is 28.4. The van der Waals surface area contributed by atoms with Gasteiger partial charge in [-0.15, -0.1) is 22.7 Å². The van der Waals surface area contributed by atoms with E-state index in [1.54, 1.807) is 16.2 Å². The Morgan fingerprint density at radius 3 is 2.50 bits per heavy atom. The fraction of sp³-hybridized carbons (Fsp3) is 0.517. The van der Waals surface area contributed by atoms with Crippen LogP contribution in [0.4, 0.5) is 18.6 Å². The monoisotopic (exact) mass is 590 g/mol. The van der Waals surface area contributed by atoms with Crippen molar-refractivity contribution in [3.63, 3.8) is 0 Å².